The van der Waals surface area contributed by atoms with E-state index in [0.29, 0.717) is 34.2 Å². The molecule has 1 aromatic heterocycles. The van der Waals surface area contributed by atoms with Crippen LogP contribution in [-0.4, -0.2) is 17.6 Å². The number of benzene rings is 1. The van der Waals surface area contributed by atoms with E-state index in [-0.39, 0.29) is 36.4 Å². The molecule has 2 aliphatic rings. The molecule has 4 rings (SSSR count). The number of anilines is 1. The summed E-state index contributed by atoms with van der Waals surface area (Å²) in [5.41, 5.74) is 1.50. The minimum atomic E-state index is -0.797. The molecule has 0 spiro atoms. The van der Waals surface area contributed by atoms with Crippen molar-refractivity contribution in [1.29, 1.82) is 0 Å². The Balaban J connectivity index is 1.60. The van der Waals surface area contributed by atoms with Crippen LogP contribution in [0.5, 0.6) is 0 Å². The molecular weight excluding hydrogens is 368 g/mol. The van der Waals surface area contributed by atoms with Gasteiger partial charge in [-0.3, -0.25) is 14.4 Å². The van der Waals surface area contributed by atoms with Crippen molar-refractivity contribution in [1.82, 2.24) is 5.32 Å². The Morgan fingerprint density at radius 2 is 1.89 bits per heavy atom. The maximum Gasteiger partial charge on any atom is 0.232 e. The van der Waals surface area contributed by atoms with E-state index in [9.17, 15) is 14.4 Å². The molecule has 2 N–H and O–H groups in total. The maximum absolute atomic E-state index is 12.8. The molecule has 1 aliphatic heterocycles. The summed E-state index contributed by atoms with van der Waals surface area (Å²) in [6.45, 7) is 0. The van der Waals surface area contributed by atoms with Crippen LogP contribution in [-0.2, 0) is 14.4 Å². The highest BCUT2D eigenvalue weighted by Gasteiger charge is 2.41. The van der Waals surface area contributed by atoms with Gasteiger partial charge in [-0.1, -0.05) is 11.6 Å². The summed E-state index contributed by atoms with van der Waals surface area (Å²) in [6.07, 6.45) is 2.24. The number of hydrogen-bond acceptors (Lipinski definition) is 4. The van der Waals surface area contributed by atoms with E-state index in [1.807, 2.05) is 6.07 Å². The molecule has 2 heterocycles. The third-order valence-corrected chi connectivity index (χ3v) is 5.16. The number of furan rings is 1. The van der Waals surface area contributed by atoms with Crippen LogP contribution in [0.4, 0.5) is 5.69 Å². The van der Waals surface area contributed by atoms with Gasteiger partial charge in [-0.15, -0.1) is 0 Å². The number of nitrogens with one attached hydrogen (secondary N) is 2. The van der Waals surface area contributed by atoms with Gasteiger partial charge in [0.2, 0.25) is 11.8 Å². The molecule has 0 bridgehead atoms. The Bertz CT molecular complexity index is 931. The van der Waals surface area contributed by atoms with Gasteiger partial charge in [0.25, 0.3) is 0 Å². The van der Waals surface area contributed by atoms with E-state index >= 15 is 0 Å². The SMILES string of the molecule is O=C1CC(C(=O)Nc2ccc(Cl)cc2)C2=C(CC(c3ccco3)CC2=O)N1. The van der Waals surface area contributed by atoms with Crippen LogP contribution in [0, 0.1) is 5.92 Å². The van der Waals surface area contributed by atoms with Crippen LogP contribution in [0.1, 0.15) is 30.9 Å². The van der Waals surface area contributed by atoms with Crippen LogP contribution >= 0.6 is 11.6 Å². The number of Topliss-reactive ketones (excluding diaryl/α,β-unsaturated/α-hetero) is 1. The average Bonchev–Trinajstić information content (AvgIpc) is 3.17. The molecule has 27 heavy (non-hydrogen) atoms. The van der Waals surface area contributed by atoms with E-state index < -0.39 is 5.92 Å². The van der Waals surface area contributed by atoms with Crippen molar-refractivity contribution in [2.24, 2.45) is 5.92 Å². The lowest BCUT2D eigenvalue weighted by Gasteiger charge is -2.32. The predicted molar refractivity (Wildman–Crippen MR) is 99.0 cm³/mol. The molecule has 7 heteroatoms. The second-order valence-electron chi connectivity index (χ2n) is 6.74. The second-order valence-corrected chi connectivity index (χ2v) is 7.17. The van der Waals surface area contributed by atoms with Gasteiger partial charge in [-0.05, 0) is 42.8 Å². The zero-order valence-electron chi connectivity index (χ0n) is 14.3. The number of carbonyl (C=O) groups is 3. The highest BCUT2D eigenvalue weighted by atomic mass is 35.5. The number of amides is 2. The number of ketones is 1. The van der Waals surface area contributed by atoms with Gasteiger partial charge < -0.3 is 15.1 Å². The number of carbonyl (C=O) groups excluding carboxylic acids is 3. The fourth-order valence-corrected chi connectivity index (χ4v) is 3.80. The van der Waals surface area contributed by atoms with Crippen LogP contribution in [0.15, 0.2) is 58.3 Å². The molecule has 2 aromatic rings. The van der Waals surface area contributed by atoms with E-state index in [1.54, 1.807) is 36.6 Å². The van der Waals surface area contributed by atoms with Gasteiger partial charge in [0.1, 0.15) is 5.76 Å². The average molecular weight is 385 g/mol. The minimum Gasteiger partial charge on any atom is -0.469 e. The van der Waals surface area contributed by atoms with Crippen LogP contribution < -0.4 is 10.6 Å². The summed E-state index contributed by atoms with van der Waals surface area (Å²) in [5.74, 6) is -0.993. The van der Waals surface area contributed by atoms with E-state index in [1.165, 1.54) is 0 Å². The van der Waals surface area contributed by atoms with E-state index in [2.05, 4.69) is 10.6 Å². The molecule has 1 aliphatic carbocycles. The standard InChI is InChI=1S/C20H17ClN2O4/c21-12-3-5-13(6-4-12)22-20(26)14-10-18(25)23-15-8-11(9-16(24)19(14)15)17-2-1-7-27-17/h1-7,11,14H,8-10H2,(H,22,26)(H,23,25). The van der Waals surface area contributed by atoms with Gasteiger partial charge in [-0.25, -0.2) is 0 Å². The van der Waals surface area contributed by atoms with Crippen LogP contribution in [0.2, 0.25) is 5.02 Å². The molecule has 0 saturated heterocycles. The largest absolute Gasteiger partial charge is 0.469 e. The topological polar surface area (TPSA) is 88.4 Å². The number of rotatable bonds is 3. The monoisotopic (exact) mass is 384 g/mol. The van der Waals surface area contributed by atoms with Gasteiger partial charge in [0.15, 0.2) is 5.78 Å². The van der Waals surface area contributed by atoms with E-state index in [4.69, 9.17) is 16.0 Å². The first kappa shape index (κ1) is 17.5. The highest BCUT2D eigenvalue weighted by Crippen LogP contribution is 2.39. The van der Waals surface area contributed by atoms with E-state index in [0.717, 1.165) is 0 Å². The summed E-state index contributed by atoms with van der Waals surface area (Å²) in [5, 5.41) is 6.10. The van der Waals surface area contributed by atoms with Crippen LogP contribution in [0.25, 0.3) is 0 Å². The Morgan fingerprint density at radius 1 is 1.11 bits per heavy atom. The molecule has 138 valence electrons. The molecule has 0 fully saturated rings. The molecule has 6 nitrogen and oxygen atoms in total. The number of allylic oxidation sites excluding steroid dienone is 1. The summed E-state index contributed by atoms with van der Waals surface area (Å²) in [6, 6.07) is 10.3. The Kier molecular flexibility index (Phi) is 4.58. The Hall–Kier alpha value is -2.86. The molecule has 0 saturated carbocycles. The van der Waals surface area contributed by atoms with Gasteiger partial charge in [0, 0.05) is 40.7 Å². The summed E-state index contributed by atoms with van der Waals surface area (Å²) >= 11 is 5.86. The van der Waals surface area contributed by atoms with Gasteiger partial charge in [0.05, 0.1) is 12.2 Å². The zero-order valence-corrected chi connectivity index (χ0v) is 15.1. The minimum absolute atomic E-state index is 0.0462. The molecule has 0 radical (unpaired) electrons. The lowest BCUT2D eigenvalue weighted by molar-refractivity contribution is -0.129. The first-order chi connectivity index (χ1) is 13.0. The Morgan fingerprint density at radius 3 is 2.59 bits per heavy atom. The summed E-state index contributed by atoms with van der Waals surface area (Å²) in [7, 11) is 0. The Labute approximate surface area is 160 Å². The smallest absolute Gasteiger partial charge is 0.232 e. The third kappa shape index (κ3) is 3.53. The van der Waals surface area contributed by atoms with Crippen molar-refractivity contribution in [3.8, 4) is 0 Å². The van der Waals surface area contributed by atoms with Gasteiger partial charge >= 0.3 is 0 Å². The molecule has 2 atom stereocenters. The lowest BCUT2D eigenvalue weighted by atomic mass is 9.76. The third-order valence-electron chi connectivity index (χ3n) is 4.91. The normalized spacial score (nSPS) is 22.3. The predicted octanol–water partition coefficient (Wildman–Crippen LogP) is 3.41. The fourth-order valence-electron chi connectivity index (χ4n) is 3.67. The quantitative estimate of drug-likeness (QED) is 0.848. The van der Waals surface area contributed by atoms with Crippen LogP contribution in [0.3, 0.4) is 0 Å². The summed E-state index contributed by atoms with van der Waals surface area (Å²) < 4.78 is 5.41. The van der Waals surface area contributed by atoms with Crippen molar-refractivity contribution in [3.05, 3.63) is 64.7 Å². The maximum atomic E-state index is 12.8. The number of halogens is 1. The van der Waals surface area contributed by atoms with Crippen molar-refractivity contribution in [2.75, 3.05) is 5.32 Å². The lowest BCUT2D eigenvalue weighted by Crippen LogP contribution is -2.43. The van der Waals surface area contributed by atoms with Crippen molar-refractivity contribution < 1.29 is 18.8 Å². The molecule has 2 unspecified atom stereocenters. The molecule has 1 aromatic carbocycles. The molecule has 2 amide bonds. The van der Waals surface area contributed by atoms with Gasteiger partial charge in [-0.2, -0.15) is 0 Å². The van der Waals surface area contributed by atoms with Crippen molar-refractivity contribution >= 4 is 34.9 Å². The first-order valence-electron chi connectivity index (χ1n) is 8.67. The fraction of sp³-hybridized carbons (Fsp3) is 0.250. The molecular formula is C20H17ClN2O4. The highest BCUT2D eigenvalue weighted by molar-refractivity contribution is 6.30. The first-order valence-corrected chi connectivity index (χ1v) is 9.05. The zero-order chi connectivity index (χ0) is 19.0. The summed E-state index contributed by atoms with van der Waals surface area (Å²) in [4.78, 5) is 37.7. The van der Waals surface area contributed by atoms with Crippen molar-refractivity contribution in [3.63, 3.8) is 0 Å². The van der Waals surface area contributed by atoms with Crippen molar-refractivity contribution in [2.45, 2.75) is 25.2 Å². The second kappa shape index (κ2) is 7.04. The number of hydrogen-bond donors (Lipinski definition) is 2.